The topological polar surface area (TPSA) is 87.5 Å². The number of hydrogen-bond donors (Lipinski definition) is 1. The molecule has 1 unspecified atom stereocenters. The molecule has 0 aliphatic carbocycles. The van der Waals surface area contributed by atoms with E-state index in [2.05, 4.69) is 10.0 Å². The zero-order valence-electron chi connectivity index (χ0n) is 7.10. The molecule has 0 saturated carbocycles. The third kappa shape index (κ3) is 9.39. The van der Waals surface area contributed by atoms with Gasteiger partial charge in [0.15, 0.2) is 6.23 Å². The molecule has 1 N–H and O–H groups in total. The molecular formula is C6H12ClN3O3. The van der Waals surface area contributed by atoms with Crippen LogP contribution in [0.1, 0.15) is 0 Å². The van der Waals surface area contributed by atoms with Crippen LogP contribution in [0.3, 0.4) is 0 Å². The number of hydrogen-bond acceptors (Lipinski definition) is 4. The van der Waals surface area contributed by atoms with E-state index in [4.69, 9.17) is 31.7 Å². The molecular weight excluding hydrogens is 198 g/mol. The number of aliphatic hydroxyl groups is 1. The SMILES string of the molecule is [N-]=[N+]=NC(O)COCCOCCCl. The van der Waals surface area contributed by atoms with Gasteiger partial charge in [-0.1, -0.05) is 5.11 Å². The van der Waals surface area contributed by atoms with E-state index < -0.39 is 6.23 Å². The molecule has 1 atom stereocenters. The minimum atomic E-state index is -1.13. The smallest absolute Gasteiger partial charge is 0.156 e. The molecule has 7 heteroatoms. The van der Waals surface area contributed by atoms with E-state index in [1.807, 2.05) is 0 Å². The fraction of sp³-hybridized carbons (Fsp3) is 1.00. The maximum Gasteiger partial charge on any atom is 0.156 e. The Labute approximate surface area is 81.0 Å². The Hall–Kier alpha value is -0.520. The summed E-state index contributed by atoms with van der Waals surface area (Å²) in [5.41, 5.74) is 7.91. The Morgan fingerprint density at radius 2 is 2.08 bits per heavy atom. The van der Waals surface area contributed by atoms with Crippen molar-refractivity contribution in [2.75, 3.05) is 32.3 Å². The van der Waals surface area contributed by atoms with Crippen LogP contribution in [0.5, 0.6) is 0 Å². The first-order valence-electron chi connectivity index (χ1n) is 3.75. The van der Waals surface area contributed by atoms with E-state index in [-0.39, 0.29) is 6.61 Å². The quantitative estimate of drug-likeness (QED) is 0.212. The average molecular weight is 210 g/mol. The van der Waals surface area contributed by atoms with Gasteiger partial charge in [0.05, 0.1) is 26.4 Å². The third-order valence-electron chi connectivity index (χ3n) is 1.05. The largest absolute Gasteiger partial charge is 0.385 e. The van der Waals surface area contributed by atoms with E-state index in [0.29, 0.717) is 25.7 Å². The highest BCUT2D eigenvalue weighted by Crippen LogP contribution is 1.88. The summed E-state index contributed by atoms with van der Waals surface area (Å²) in [6.07, 6.45) is -1.13. The van der Waals surface area contributed by atoms with Gasteiger partial charge in [-0.25, -0.2) is 0 Å². The van der Waals surface area contributed by atoms with Crippen molar-refractivity contribution in [3.05, 3.63) is 10.4 Å². The summed E-state index contributed by atoms with van der Waals surface area (Å²) < 4.78 is 9.89. The molecule has 0 radical (unpaired) electrons. The molecule has 0 aromatic rings. The highest BCUT2D eigenvalue weighted by atomic mass is 35.5. The van der Waals surface area contributed by atoms with Crippen LogP contribution in [0.2, 0.25) is 0 Å². The molecule has 0 spiro atoms. The summed E-state index contributed by atoms with van der Waals surface area (Å²) in [4.78, 5) is 2.41. The molecule has 0 aliphatic heterocycles. The van der Waals surface area contributed by atoms with Gasteiger partial charge in [-0.15, -0.1) is 11.6 Å². The van der Waals surface area contributed by atoms with Gasteiger partial charge in [0.2, 0.25) is 0 Å². The number of azide groups is 1. The number of aliphatic hydroxyl groups excluding tert-OH is 1. The predicted molar refractivity (Wildman–Crippen MR) is 47.5 cm³/mol. The second-order valence-corrected chi connectivity index (χ2v) is 2.44. The highest BCUT2D eigenvalue weighted by Gasteiger charge is 1.98. The standard InChI is InChI=1S/C6H12ClN3O3/c7-1-2-12-3-4-13-5-6(11)9-10-8/h6,11H,1-5H2. The molecule has 6 nitrogen and oxygen atoms in total. The van der Waals surface area contributed by atoms with Crippen LogP contribution in [-0.4, -0.2) is 43.6 Å². The first-order chi connectivity index (χ1) is 6.31. The second-order valence-electron chi connectivity index (χ2n) is 2.06. The van der Waals surface area contributed by atoms with Gasteiger partial charge in [-0.05, 0) is 5.53 Å². The van der Waals surface area contributed by atoms with Crippen molar-refractivity contribution in [3.8, 4) is 0 Å². The monoisotopic (exact) mass is 209 g/mol. The molecule has 13 heavy (non-hydrogen) atoms. The molecule has 0 fully saturated rings. The lowest BCUT2D eigenvalue weighted by molar-refractivity contribution is 0.00874. The summed E-state index contributed by atoms with van der Waals surface area (Å²) in [6.45, 7) is 1.21. The van der Waals surface area contributed by atoms with Crippen LogP contribution >= 0.6 is 11.6 Å². The summed E-state index contributed by atoms with van der Waals surface area (Å²) in [6, 6.07) is 0. The average Bonchev–Trinajstić information content (AvgIpc) is 2.11. The van der Waals surface area contributed by atoms with Crippen LogP contribution in [0, 0.1) is 0 Å². The Balaban J connectivity index is 3.11. The number of ether oxygens (including phenoxy) is 2. The summed E-state index contributed by atoms with van der Waals surface area (Å²) >= 11 is 5.35. The molecule has 0 rings (SSSR count). The van der Waals surface area contributed by atoms with E-state index in [1.54, 1.807) is 0 Å². The fourth-order valence-corrected chi connectivity index (χ4v) is 0.665. The summed E-state index contributed by atoms with van der Waals surface area (Å²) in [5.74, 6) is 0.446. The van der Waals surface area contributed by atoms with Crippen LogP contribution in [0.15, 0.2) is 5.11 Å². The number of halogens is 1. The van der Waals surface area contributed by atoms with Crippen molar-refractivity contribution >= 4 is 11.6 Å². The lowest BCUT2D eigenvalue weighted by Crippen LogP contribution is -2.14. The zero-order chi connectivity index (χ0) is 9.94. The van der Waals surface area contributed by atoms with Gasteiger partial charge >= 0.3 is 0 Å². The minimum Gasteiger partial charge on any atom is -0.385 e. The van der Waals surface area contributed by atoms with E-state index in [1.165, 1.54) is 0 Å². The molecule has 76 valence electrons. The number of nitrogens with zero attached hydrogens (tertiary/aromatic N) is 3. The van der Waals surface area contributed by atoms with Gasteiger partial charge in [-0.2, -0.15) is 0 Å². The minimum absolute atomic E-state index is 0.0195. The summed E-state index contributed by atoms with van der Waals surface area (Å²) in [7, 11) is 0. The van der Waals surface area contributed by atoms with Gasteiger partial charge in [-0.3, -0.25) is 0 Å². The Bertz CT molecular complexity index is 163. The van der Waals surface area contributed by atoms with Crippen molar-refractivity contribution in [3.63, 3.8) is 0 Å². The van der Waals surface area contributed by atoms with Crippen molar-refractivity contribution in [2.45, 2.75) is 6.23 Å². The van der Waals surface area contributed by atoms with Crippen LogP contribution in [0.25, 0.3) is 10.4 Å². The zero-order valence-corrected chi connectivity index (χ0v) is 7.85. The van der Waals surface area contributed by atoms with E-state index in [0.717, 1.165) is 0 Å². The van der Waals surface area contributed by atoms with Gasteiger partial charge in [0.1, 0.15) is 0 Å². The molecule has 0 aromatic heterocycles. The number of alkyl halides is 1. The van der Waals surface area contributed by atoms with E-state index >= 15 is 0 Å². The highest BCUT2D eigenvalue weighted by molar-refractivity contribution is 6.17. The van der Waals surface area contributed by atoms with Gasteiger partial charge in [0, 0.05) is 10.8 Å². The molecule has 0 aliphatic rings. The Kier molecular flexibility index (Phi) is 9.18. The molecule has 0 saturated heterocycles. The molecule has 0 heterocycles. The normalized spacial score (nSPS) is 12.2. The van der Waals surface area contributed by atoms with E-state index in [9.17, 15) is 0 Å². The predicted octanol–water partition coefficient (Wildman–Crippen LogP) is 0.887. The lowest BCUT2D eigenvalue weighted by Gasteiger charge is -2.05. The second kappa shape index (κ2) is 9.57. The Morgan fingerprint density at radius 1 is 1.38 bits per heavy atom. The van der Waals surface area contributed by atoms with Crippen molar-refractivity contribution in [1.82, 2.24) is 0 Å². The first kappa shape index (κ1) is 12.5. The van der Waals surface area contributed by atoms with Crippen LogP contribution in [0.4, 0.5) is 0 Å². The van der Waals surface area contributed by atoms with Crippen LogP contribution < -0.4 is 0 Å². The van der Waals surface area contributed by atoms with Crippen molar-refractivity contribution < 1.29 is 14.6 Å². The maximum absolute atomic E-state index is 8.84. The third-order valence-corrected chi connectivity index (χ3v) is 1.20. The first-order valence-corrected chi connectivity index (χ1v) is 4.28. The van der Waals surface area contributed by atoms with Gasteiger partial charge in [0.25, 0.3) is 0 Å². The van der Waals surface area contributed by atoms with Crippen molar-refractivity contribution in [2.24, 2.45) is 5.11 Å². The molecule has 0 amide bonds. The van der Waals surface area contributed by atoms with Gasteiger partial charge < -0.3 is 14.6 Å². The number of rotatable bonds is 8. The molecule has 0 aromatic carbocycles. The fourth-order valence-electron chi connectivity index (χ4n) is 0.556. The Morgan fingerprint density at radius 3 is 2.69 bits per heavy atom. The van der Waals surface area contributed by atoms with Crippen molar-refractivity contribution in [1.29, 1.82) is 0 Å². The maximum atomic E-state index is 8.84. The lowest BCUT2D eigenvalue weighted by atomic mass is 10.6. The summed E-state index contributed by atoms with van der Waals surface area (Å²) in [5, 5.41) is 11.9. The van der Waals surface area contributed by atoms with Crippen LogP contribution in [-0.2, 0) is 9.47 Å². The molecule has 0 bridgehead atoms.